The van der Waals surface area contributed by atoms with Gasteiger partial charge < -0.3 is 5.32 Å². The average Bonchev–Trinajstić information content (AvgIpc) is 2.67. The predicted octanol–water partition coefficient (Wildman–Crippen LogP) is 3.39. The predicted molar refractivity (Wildman–Crippen MR) is 105 cm³/mol. The van der Waals surface area contributed by atoms with Crippen LogP contribution in [0.15, 0.2) is 64.5 Å². The number of amides is 1. The number of hydrogen-bond acceptors (Lipinski definition) is 4. The number of aromatic nitrogens is 2. The molecule has 0 aliphatic carbocycles. The largest absolute Gasteiger partial charge is 0.349 e. The monoisotopic (exact) mass is 367 g/mol. The Morgan fingerprint density at radius 2 is 1.85 bits per heavy atom. The molecule has 26 heavy (non-hydrogen) atoms. The van der Waals surface area contributed by atoms with E-state index in [2.05, 4.69) is 10.3 Å². The fraction of sp³-hybridized carbons (Fsp3) is 0.250. The van der Waals surface area contributed by atoms with Crippen molar-refractivity contribution < 1.29 is 4.79 Å². The van der Waals surface area contributed by atoms with Gasteiger partial charge in [-0.05, 0) is 31.5 Å². The van der Waals surface area contributed by atoms with Gasteiger partial charge in [0.05, 0.1) is 22.7 Å². The van der Waals surface area contributed by atoms with Gasteiger partial charge in [-0.1, -0.05) is 54.2 Å². The molecule has 1 N–H and O–H groups in total. The van der Waals surface area contributed by atoms with Gasteiger partial charge in [-0.2, -0.15) is 0 Å². The third-order valence-electron chi connectivity index (χ3n) is 4.15. The third kappa shape index (κ3) is 3.96. The van der Waals surface area contributed by atoms with Crippen molar-refractivity contribution in [1.82, 2.24) is 14.9 Å². The second kappa shape index (κ2) is 8.19. The molecular formula is C20H21N3O2S. The van der Waals surface area contributed by atoms with Crippen molar-refractivity contribution in [2.75, 3.05) is 5.75 Å². The Balaban J connectivity index is 1.73. The number of thioether (sulfide) groups is 1. The van der Waals surface area contributed by atoms with Gasteiger partial charge in [0.15, 0.2) is 5.16 Å². The van der Waals surface area contributed by atoms with Gasteiger partial charge >= 0.3 is 0 Å². The first-order valence-corrected chi connectivity index (χ1v) is 9.55. The first kappa shape index (κ1) is 18.2. The second-order valence-electron chi connectivity index (χ2n) is 5.95. The van der Waals surface area contributed by atoms with Crippen LogP contribution in [0.2, 0.25) is 0 Å². The number of rotatable bonds is 6. The minimum Gasteiger partial charge on any atom is -0.349 e. The maximum Gasteiger partial charge on any atom is 0.262 e. The van der Waals surface area contributed by atoms with E-state index in [1.54, 1.807) is 10.6 Å². The number of nitrogens with one attached hydrogen (secondary N) is 1. The van der Waals surface area contributed by atoms with Gasteiger partial charge in [0.25, 0.3) is 5.56 Å². The van der Waals surface area contributed by atoms with Crippen LogP contribution in [0.25, 0.3) is 10.9 Å². The van der Waals surface area contributed by atoms with Gasteiger partial charge in [-0.25, -0.2) is 4.98 Å². The van der Waals surface area contributed by atoms with Gasteiger partial charge in [0.1, 0.15) is 0 Å². The lowest BCUT2D eigenvalue weighted by atomic mass is 10.1. The van der Waals surface area contributed by atoms with Crippen LogP contribution < -0.4 is 10.9 Å². The molecule has 3 rings (SSSR count). The second-order valence-corrected chi connectivity index (χ2v) is 6.89. The van der Waals surface area contributed by atoms with Gasteiger partial charge in [0.2, 0.25) is 5.91 Å². The minimum absolute atomic E-state index is 0.0674. The van der Waals surface area contributed by atoms with E-state index in [0.29, 0.717) is 22.6 Å². The summed E-state index contributed by atoms with van der Waals surface area (Å²) in [6.07, 6.45) is 0. The minimum atomic E-state index is -0.0867. The molecule has 5 nitrogen and oxygen atoms in total. The van der Waals surface area contributed by atoms with E-state index >= 15 is 0 Å². The molecule has 3 aromatic rings. The SMILES string of the molecule is CCn1c(SCC(=O)N[C@@H](C)c2ccccc2)nc2ccccc2c1=O. The topological polar surface area (TPSA) is 64.0 Å². The first-order chi connectivity index (χ1) is 12.6. The summed E-state index contributed by atoms with van der Waals surface area (Å²) in [4.78, 5) is 29.5. The van der Waals surface area contributed by atoms with Crippen LogP contribution in [0.3, 0.4) is 0 Å². The maximum absolute atomic E-state index is 12.6. The highest BCUT2D eigenvalue weighted by Gasteiger charge is 2.14. The van der Waals surface area contributed by atoms with Gasteiger partial charge in [0, 0.05) is 6.54 Å². The van der Waals surface area contributed by atoms with Crippen LogP contribution in [0.5, 0.6) is 0 Å². The molecule has 0 radical (unpaired) electrons. The Kier molecular flexibility index (Phi) is 5.73. The van der Waals surface area contributed by atoms with E-state index < -0.39 is 0 Å². The maximum atomic E-state index is 12.6. The van der Waals surface area contributed by atoms with Crippen LogP contribution in [-0.4, -0.2) is 21.2 Å². The number of nitrogens with zero attached hydrogens (tertiary/aromatic N) is 2. The molecule has 0 unspecified atom stereocenters. The molecule has 0 saturated carbocycles. The van der Waals surface area contributed by atoms with E-state index in [0.717, 1.165) is 5.56 Å². The van der Waals surface area contributed by atoms with Crippen molar-refractivity contribution >= 4 is 28.6 Å². The van der Waals surface area contributed by atoms with Crippen LogP contribution in [0.1, 0.15) is 25.5 Å². The molecular weight excluding hydrogens is 346 g/mol. The summed E-state index contributed by atoms with van der Waals surface area (Å²) in [5.74, 6) is 0.124. The summed E-state index contributed by atoms with van der Waals surface area (Å²) >= 11 is 1.29. The van der Waals surface area contributed by atoms with Crippen LogP contribution >= 0.6 is 11.8 Å². The Labute approximate surface area is 156 Å². The zero-order valence-electron chi connectivity index (χ0n) is 14.8. The molecule has 1 amide bonds. The fourth-order valence-electron chi connectivity index (χ4n) is 2.77. The smallest absolute Gasteiger partial charge is 0.262 e. The van der Waals surface area contributed by atoms with E-state index in [-0.39, 0.29) is 23.3 Å². The quantitative estimate of drug-likeness (QED) is 0.536. The number of fused-ring (bicyclic) bond motifs is 1. The zero-order chi connectivity index (χ0) is 18.5. The van der Waals surface area contributed by atoms with E-state index in [9.17, 15) is 9.59 Å². The molecule has 134 valence electrons. The first-order valence-electron chi connectivity index (χ1n) is 8.57. The number of hydrogen-bond donors (Lipinski definition) is 1. The van der Waals surface area contributed by atoms with E-state index in [4.69, 9.17) is 0 Å². The lowest BCUT2D eigenvalue weighted by Crippen LogP contribution is -2.29. The number of carbonyl (C=O) groups excluding carboxylic acids is 1. The van der Waals surface area contributed by atoms with Crippen molar-refractivity contribution in [3.63, 3.8) is 0 Å². The molecule has 0 spiro atoms. The summed E-state index contributed by atoms with van der Waals surface area (Å²) in [6, 6.07) is 17.0. The number of para-hydroxylation sites is 1. The van der Waals surface area contributed by atoms with Gasteiger partial charge in [-0.3, -0.25) is 14.2 Å². The number of carbonyl (C=O) groups is 1. The van der Waals surface area contributed by atoms with Crippen LogP contribution in [0, 0.1) is 0 Å². The van der Waals surface area contributed by atoms with E-state index in [1.165, 1.54) is 11.8 Å². The number of benzene rings is 2. The van der Waals surface area contributed by atoms with Crippen LogP contribution in [-0.2, 0) is 11.3 Å². The normalized spacial score (nSPS) is 12.1. The van der Waals surface area contributed by atoms with Crippen molar-refractivity contribution in [1.29, 1.82) is 0 Å². The Bertz CT molecular complexity index is 970. The molecule has 0 bridgehead atoms. The van der Waals surface area contributed by atoms with Crippen molar-refractivity contribution in [3.05, 3.63) is 70.5 Å². The summed E-state index contributed by atoms with van der Waals surface area (Å²) in [7, 11) is 0. The standard InChI is InChI=1S/C20H21N3O2S/c1-3-23-19(25)16-11-7-8-12-17(16)22-20(23)26-13-18(24)21-14(2)15-9-5-4-6-10-15/h4-12,14H,3,13H2,1-2H3,(H,21,24)/t14-/m0/s1. The molecule has 1 atom stereocenters. The molecule has 0 aliphatic rings. The molecule has 1 heterocycles. The summed E-state index contributed by atoms with van der Waals surface area (Å²) in [5, 5.41) is 4.15. The highest BCUT2D eigenvalue weighted by molar-refractivity contribution is 7.99. The van der Waals surface area contributed by atoms with Crippen molar-refractivity contribution in [2.24, 2.45) is 0 Å². The lowest BCUT2D eigenvalue weighted by Gasteiger charge is -2.15. The molecule has 1 aromatic heterocycles. The Hall–Kier alpha value is -2.60. The Morgan fingerprint density at radius 3 is 2.58 bits per heavy atom. The summed E-state index contributed by atoms with van der Waals surface area (Å²) < 4.78 is 1.61. The fourth-order valence-corrected chi connectivity index (χ4v) is 3.65. The summed E-state index contributed by atoms with van der Waals surface area (Å²) in [5.41, 5.74) is 1.64. The molecule has 0 aliphatic heterocycles. The van der Waals surface area contributed by atoms with Crippen LogP contribution in [0.4, 0.5) is 0 Å². The molecule has 0 saturated heterocycles. The van der Waals surface area contributed by atoms with E-state index in [1.807, 2.05) is 62.4 Å². The highest BCUT2D eigenvalue weighted by Crippen LogP contribution is 2.18. The highest BCUT2D eigenvalue weighted by atomic mass is 32.2. The zero-order valence-corrected chi connectivity index (χ0v) is 15.6. The summed E-state index contributed by atoms with van der Waals surface area (Å²) in [6.45, 7) is 4.37. The van der Waals surface area contributed by atoms with Crippen molar-refractivity contribution in [3.8, 4) is 0 Å². The Morgan fingerprint density at radius 1 is 1.15 bits per heavy atom. The van der Waals surface area contributed by atoms with Gasteiger partial charge in [-0.15, -0.1) is 0 Å². The molecule has 0 fully saturated rings. The molecule has 2 aromatic carbocycles. The third-order valence-corrected chi connectivity index (χ3v) is 5.13. The van der Waals surface area contributed by atoms with Crippen molar-refractivity contribution in [2.45, 2.75) is 31.6 Å². The molecule has 6 heteroatoms. The average molecular weight is 367 g/mol. The lowest BCUT2D eigenvalue weighted by molar-refractivity contribution is -0.119.